The molecular weight excluding hydrogens is 194 g/mol. The first-order chi connectivity index (χ1) is 7.22. The highest BCUT2D eigenvalue weighted by molar-refractivity contribution is 5.52. The van der Waals surface area contributed by atoms with E-state index in [-0.39, 0.29) is 18.1 Å². The first-order valence-corrected chi connectivity index (χ1v) is 4.69. The molecule has 4 nitrogen and oxygen atoms in total. The third kappa shape index (κ3) is 4.37. The van der Waals surface area contributed by atoms with Crippen LogP contribution >= 0.6 is 0 Å². The van der Waals surface area contributed by atoms with Crippen molar-refractivity contribution in [1.82, 2.24) is 0 Å². The van der Waals surface area contributed by atoms with E-state index in [1.807, 2.05) is 30.3 Å². The average molecular weight is 207 g/mol. The van der Waals surface area contributed by atoms with Crippen LogP contribution in [-0.4, -0.2) is 23.2 Å². The molecule has 1 aromatic carbocycles. The standard InChI is InChI=1S/C11H13NO3/c13-9-11(6-7-12(14)15)8-10-4-2-1-3-5-10/h1-5,8,13H,6-7,9H2/b11-8-. The van der Waals surface area contributed by atoms with Gasteiger partial charge in [-0.05, 0) is 11.1 Å². The van der Waals surface area contributed by atoms with Gasteiger partial charge in [-0.1, -0.05) is 36.4 Å². The molecule has 0 aliphatic heterocycles. The predicted octanol–water partition coefficient (Wildman–Crippen LogP) is 1.73. The molecule has 0 fully saturated rings. The summed E-state index contributed by atoms with van der Waals surface area (Å²) in [6, 6.07) is 9.44. The van der Waals surface area contributed by atoms with E-state index >= 15 is 0 Å². The molecule has 0 radical (unpaired) electrons. The summed E-state index contributed by atoms with van der Waals surface area (Å²) in [6.45, 7) is -0.276. The maximum absolute atomic E-state index is 10.2. The minimum absolute atomic E-state index is 0.136. The molecule has 0 saturated carbocycles. The van der Waals surface area contributed by atoms with Crippen LogP contribution in [-0.2, 0) is 0 Å². The molecule has 0 saturated heterocycles. The van der Waals surface area contributed by atoms with Crippen LogP contribution in [0.5, 0.6) is 0 Å². The number of benzene rings is 1. The summed E-state index contributed by atoms with van der Waals surface area (Å²) in [7, 11) is 0. The molecule has 0 heterocycles. The summed E-state index contributed by atoms with van der Waals surface area (Å²) in [6.07, 6.45) is 2.07. The highest BCUT2D eigenvalue weighted by atomic mass is 16.6. The van der Waals surface area contributed by atoms with Crippen molar-refractivity contribution in [3.8, 4) is 0 Å². The number of aliphatic hydroxyl groups is 1. The van der Waals surface area contributed by atoms with Gasteiger partial charge in [0.05, 0.1) is 6.61 Å². The van der Waals surface area contributed by atoms with Crippen molar-refractivity contribution in [3.05, 3.63) is 51.6 Å². The molecular formula is C11H13NO3. The Balaban J connectivity index is 2.65. The van der Waals surface area contributed by atoms with Gasteiger partial charge >= 0.3 is 0 Å². The monoisotopic (exact) mass is 207 g/mol. The largest absolute Gasteiger partial charge is 0.392 e. The van der Waals surface area contributed by atoms with Crippen LogP contribution < -0.4 is 0 Å². The average Bonchev–Trinajstić information content (AvgIpc) is 2.25. The van der Waals surface area contributed by atoms with Crippen LogP contribution in [0.1, 0.15) is 12.0 Å². The third-order valence-corrected chi connectivity index (χ3v) is 1.99. The Morgan fingerprint density at radius 3 is 2.60 bits per heavy atom. The van der Waals surface area contributed by atoms with E-state index in [0.29, 0.717) is 12.0 Å². The molecule has 1 N–H and O–H groups in total. The van der Waals surface area contributed by atoms with E-state index in [0.717, 1.165) is 5.56 Å². The topological polar surface area (TPSA) is 63.4 Å². The molecule has 0 unspecified atom stereocenters. The maximum Gasteiger partial charge on any atom is 0.207 e. The number of hydrogen-bond donors (Lipinski definition) is 1. The molecule has 0 aromatic heterocycles. The van der Waals surface area contributed by atoms with Crippen LogP contribution in [0, 0.1) is 10.1 Å². The smallest absolute Gasteiger partial charge is 0.207 e. The second-order valence-corrected chi connectivity index (χ2v) is 3.18. The maximum atomic E-state index is 10.2. The number of rotatable bonds is 5. The second-order valence-electron chi connectivity index (χ2n) is 3.18. The van der Waals surface area contributed by atoms with Gasteiger partial charge in [0.1, 0.15) is 0 Å². The second kappa shape index (κ2) is 5.93. The van der Waals surface area contributed by atoms with Crippen LogP contribution in [0.15, 0.2) is 35.9 Å². The lowest BCUT2D eigenvalue weighted by molar-refractivity contribution is -0.479. The number of nitrogens with zero attached hydrogens (tertiary/aromatic N) is 1. The summed E-state index contributed by atoms with van der Waals surface area (Å²) in [5.41, 5.74) is 1.63. The summed E-state index contributed by atoms with van der Waals surface area (Å²) in [4.78, 5) is 9.79. The fourth-order valence-corrected chi connectivity index (χ4v) is 1.22. The van der Waals surface area contributed by atoms with Crippen molar-refractivity contribution in [3.63, 3.8) is 0 Å². The molecule has 0 aliphatic carbocycles. The van der Waals surface area contributed by atoms with Crippen molar-refractivity contribution in [2.45, 2.75) is 6.42 Å². The Bertz CT molecular complexity index is 346. The van der Waals surface area contributed by atoms with Gasteiger partial charge in [-0.25, -0.2) is 0 Å². The Kier molecular flexibility index (Phi) is 4.50. The summed E-state index contributed by atoms with van der Waals surface area (Å²) < 4.78 is 0. The lowest BCUT2D eigenvalue weighted by Crippen LogP contribution is -2.03. The zero-order valence-corrected chi connectivity index (χ0v) is 8.30. The van der Waals surface area contributed by atoms with Crippen LogP contribution in [0.3, 0.4) is 0 Å². The van der Waals surface area contributed by atoms with E-state index in [2.05, 4.69) is 0 Å². The molecule has 0 atom stereocenters. The van der Waals surface area contributed by atoms with Crippen molar-refractivity contribution in [2.75, 3.05) is 13.2 Å². The SMILES string of the molecule is O=[N+]([O-])CC/C(=C/c1ccccc1)CO. The Morgan fingerprint density at radius 2 is 2.07 bits per heavy atom. The summed E-state index contributed by atoms with van der Waals surface area (Å²) in [5, 5.41) is 19.2. The zero-order valence-electron chi connectivity index (χ0n) is 8.30. The Hall–Kier alpha value is -1.68. The van der Waals surface area contributed by atoms with E-state index in [1.54, 1.807) is 6.08 Å². The molecule has 15 heavy (non-hydrogen) atoms. The van der Waals surface area contributed by atoms with Gasteiger partial charge in [-0.2, -0.15) is 0 Å². The van der Waals surface area contributed by atoms with E-state index in [1.165, 1.54) is 0 Å². The Labute approximate surface area is 88.0 Å². The van der Waals surface area contributed by atoms with Crippen LogP contribution in [0.25, 0.3) is 6.08 Å². The molecule has 0 aliphatic rings. The molecule has 4 heteroatoms. The number of nitro groups is 1. The van der Waals surface area contributed by atoms with Crippen molar-refractivity contribution < 1.29 is 10.0 Å². The molecule has 80 valence electrons. The summed E-state index contributed by atoms with van der Waals surface area (Å²) >= 11 is 0. The number of aliphatic hydroxyl groups excluding tert-OH is 1. The lowest BCUT2D eigenvalue weighted by atomic mass is 10.1. The fraction of sp³-hybridized carbons (Fsp3) is 0.273. The fourth-order valence-electron chi connectivity index (χ4n) is 1.22. The molecule has 1 rings (SSSR count). The van der Waals surface area contributed by atoms with Gasteiger partial charge in [-0.15, -0.1) is 0 Å². The van der Waals surface area contributed by atoms with E-state index in [9.17, 15) is 10.1 Å². The van der Waals surface area contributed by atoms with Gasteiger partial charge in [0, 0.05) is 11.3 Å². The highest BCUT2D eigenvalue weighted by Crippen LogP contribution is 2.09. The van der Waals surface area contributed by atoms with Crippen molar-refractivity contribution in [2.24, 2.45) is 0 Å². The molecule has 0 amide bonds. The van der Waals surface area contributed by atoms with Crippen molar-refractivity contribution >= 4 is 6.08 Å². The molecule has 0 bridgehead atoms. The highest BCUT2D eigenvalue weighted by Gasteiger charge is 2.02. The lowest BCUT2D eigenvalue weighted by Gasteiger charge is -2.00. The third-order valence-electron chi connectivity index (χ3n) is 1.99. The van der Waals surface area contributed by atoms with Gasteiger partial charge in [-0.3, -0.25) is 10.1 Å². The number of hydrogen-bond acceptors (Lipinski definition) is 3. The molecule has 0 spiro atoms. The minimum Gasteiger partial charge on any atom is -0.392 e. The van der Waals surface area contributed by atoms with E-state index < -0.39 is 0 Å². The predicted molar refractivity (Wildman–Crippen MR) is 58.0 cm³/mol. The van der Waals surface area contributed by atoms with Gasteiger partial charge in [0.15, 0.2) is 0 Å². The summed E-state index contributed by atoms with van der Waals surface area (Å²) in [5.74, 6) is 0. The quantitative estimate of drug-likeness (QED) is 0.590. The Morgan fingerprint density at radius 1 is 1.40 bits per heavy atom. The first kappa shape index (κ1) is 11.4. The zero-order chi connectivity index (χ0) is 11.1. The van der Waals surface area contributed by atoms with Crippen LogP contribution in [0.4, 0.5) is 0 Å². The van der Waals surface area contributed by atoms with Gasteiger partial charge < -0.3 is 5.11 Å². The van der Waals surface area contributed by atoms with Gasteiger partial charge in [0.25, 0.3) is 0 Å². The van der Waals surface area contributed by atoms with Crippen molar-refractivity contribution in [1.29, 1.82) is 0 Å². The van der Waals surface area contributed by atoms with Gasteiger partial charge in [0.2, 0.25) is 6.54 Å². The first-order valence-electron chi connectivity index (χ1n) is 4.69. The normalized spacial score (nSPS) is 11.4. The minimum atomic E-state index is -0.380. The van der Waals surface area contributed by atoms with E-state index in [4.69, 9.17) is 5.11 Å². The molecule has 1 aromatic rings. The van der Waals surface area contributed by atoms with Crippen LogP contribution in [0.2, 0.25) is 0 Å².